The molecule has 8 heteroatoms. The lowest BCUT2D eigenvalue weighted by Gasteiger charge is -2.30. The highest BCUT2D eigenvalue weighted by Crippen LogP contribution is 2.14. The zero-order valence-corrected chi connectivity index (χ0v) is 12.9. The smallest absolute Gasteiger partial charge is 0.253 e. The number of hydrogen-bond acceptors (Lipinski definition) is 7. The number of amides is 2. The number of nitrogens with zero attached hydrogens (tertiary/aromatic N) is 1. The zero-order chi connectivity index (χ0) is 16.6. The SMILES string of the molecule is CC(CO)OC(C)(CO)OCCNCCN1C(=O)C=CC1=O. The fourth-order valence-corrected chi connectivity index (χ4v) is 1.89. The summed E-state index contributed by atoms with van der Waals surface area (Å²) in [5, 5.41) is 21.3. The van der Waals surface area contributed by atoms with E-state index in [9.17, 15) is 14.7 Å². The van der Waals surface area contributed by atoms with Gasteiger partial charge in [0.1, 0.15) is 0 Å². The minimum Gasteiger partial charge on any atom is -0.394 e. The van der Waals surface area contributed by atoms with Crippen molar-refractivity contribution in [2.45, 2.75) is 25.7 Å². The molecule has 126 valence electrons. The van der Waals surface area contributed by atoms with Crippen LogP contribution in [0.1, 0.15) is 13.8 Å². The molecule has 2 atom stereocenters. The van der Waals surface area contributed by atoms with Crippen molar-refractivity contribution >= 4 is 11.8 Å². The van der Waals surface area contributed by atoms with Gasteiger partial charge in [0.25, 0.3) is 11.8 Å². The van der Waals surface area contributed by atoms with Crippen molar-refractivity contribution in [1.29, 1.82) is 0 Å². The summed E-state index contributed by atoms with van der Waals surface area (Å²) in [5.41, 5.74) is 0. The number of carbonyl (C=O) groups excluding carboxylic acids is 2. The highest BCUT2D eigenvalue weighted by Gasteiger charge is 2.27. The number of nitrogens with one attached hydrogen (secondary N) is 1. The first-order valence-electron chi connectivity index (χ1n) is 7.19. The molecule has 3 N–H and O–H groups in total. The average molecular weight is 316 g/mol. The van der Waals surface area contributed by atoms with Gasteiger partial charge in [0.15, 0.2) is 5.79 Å². The van der Waals surface area contributed by atoms with E-state index in [0.29, 0.717) is 19.6 Å². The number of imide groups is 1. The van der Waals surface area contributed by atoms with Gasteiger partial charge in [0.2, 0.25) is 0 Å². The molecular weight excluding hydrogens is 292 g/mol. The molecule has 1 aliphatic rings. The third kappa shape index (κ3) is 5.82. The van der Waals surface area contributed by atoms with Crippen LogP contribution in [0.15, 0.2) is 12.2 Å². The molecule has 0 bridgehead atoms. The van der Waals surface area contributed by atoms with E-state index in [1.165, 1.54) is 12.2 Å². The summed E-state index contributed by atoms with van der Waals surface area (Å²) in [7, 11) is 0. The second kappa shape index (κ2) is 8.96. The van der Waals surface area contributed by atoms with Crippen molar-refractivity contribution in [3.63, 3.8) is 0 Å². The maximum atomic E-state index is 11.3. The first-order valence-corrected chi connectivity index (χ1v) is 7.19. The molecule has 1 aliphatic heterocycles. The van der Waals surface area contributed by atoms with Crippen molar-refractivity contribution < 1.29 is 29.3 Å². The highest BCUT2D eigenvalue weighted by molar-refractivity contribution is 6.12. The summed E-state index contributed by atoms with van der Waals surface area (Å²) in [6, 6.07) is 0. The summed E-state index contributed by atoms with van der Waals surface area (Å²) in [4.78, 5) is 23.8. The summed E-state index contributed by atoms with van der Waals surface area (Å²) < 4.78 is 10.9. The molecule has 0 aromatic heterocycles. The third-order valence-corrected chi connectivity index (χ3v) is 3.09. The highest BCUT2D eigenvalue weighted by atomic mass is 16.7. The van der Waals surface area contributed by atoms with Crippen LogP contribution in [0.4, 0.5) is 0 Å². The molecule has 1 rings (SSSR count). The largest absolute Gasteiger partial charge is 0.394 e. The Morgan fingerprint density at radius 2 is 1.91 bits per heavy atom. The van der Waals surface area contributed by atoms with Gasteiger partial charge in [-0.15, -0.1) is 0 Å². The maximum absolute atomic E-state index is 11.3. The van der Waals surface area contributed by atoms with Crippen LogP contribution in [0.5, 0.6) is 0 Å². The van der Waals surface area contributed by atoms with Gasteiger partial charge in [-0.25, -0.2) is 0 Å². The van der Waals surface area contributed by atoms with Gasteiger partial charge in [0, 0.05) is 31.8 Å². The van der Waals surface area contributed by atoms with Gasteiger partial charge >= 0.3 is 0 Å². The van der Waals surface area contributed by atoms with Crippen molar-refractivity contribution in [2.24, 2.45) is 0 Å². The normalized spacial score (nSPS) is 18.8. The van der Waals surface area contributed by atoms with Gasteiger partial charge in [-0.1, -0.05) is 0 Å². The Labute approximate surface area is 129 Å². The number of ether oxygens (including phenoxy) is 2. The lowest BCUT2D eigenvalue weighted by Crippen LogP contribution is -2.42. The Morgan fingerprint density at radius 1 is 1.27 bits per heavy atom. The molecule has 0 fully saturated rings. The molecule has 8 nitrogen and oxygen atoms in total. The van der Waals surface area contributed by atoms with Crippen LogP contribution >= 0.6 is 0 Å². The van der Waals surface area contributed by atoms with Gasteiger partial charge in [-0.3, -0.25) is 14.5 Å². The van der Waals surface area contributed by atoms with Gasteiger partial charge in [-0.2, -0.15) is 0 Å². The maximum Gasteiger partial charge on any atom is 0.253 e. The number of rotatable bonds is 11. The van der Waals surface area contributed by atoms with Crippen molar-refractivity contribution in [3.8, 4) is 0 Å². The van der Waals surface area contributed by atoms with Crippen molar-refractivity contribution in [1.82, 2.24) is 10.2 Å². The van der Waals surface area contributed by atoms with Crippen molar-refractivity contribution in [2.75, 3.05) is 39.5 Å². The molecule has 1 heterocycles. The van der Waals surface area contributed by atoms with Gasteiger partial charge < -0.3 is 25.0 Å². The molecule has 0 aromatic carbocycles. The Hall–Kier alpha value is -1.32. The second-order valence-corrected chi connectivity index (χ2v) is 5.16. The molecule has 2 amide bonds. The topological polar surface area (TPSA) is 108 Å². The Bertz CT molecular complexity index is 396. The molecule has 0 saturated carbocycles. The predicted octanol–water partition coefficient (Wildman–Crippen LogP) is -1.38. The van der Waals surface area contributed by atoms with E-state index in [4.69, 9.17) is 14.6 Å². The lowest BCUT2D eigenvalue weighted by atomic mass is 10.3. The van der Waals surface area contributed by atoms with Crippen molar-refractivity contribution in [3.05, 3.63) is 12.2 Å². The summed E-state index contributed by atoms with van der Waals surface area (Å²) in [6.07, 6.45) is 2.06. The van der Waals surface area contributed by atoms with E-state index in [2.05, 4.69) is 5.32 Å². The van der Waals surface area contributed by atoms with E-state index >= 15 is 0 Å². The first-order chi connectivity index (χ1) is 10.4. The molecule has 0 aliphatic carbocycles. The molecule has 2 unspecified atom stereocenters. The van der Waals surface area contributed by atoms with Crippen LogP contribution in [-0.2, 0) is 19.1 Å². The molecule has 0 aromatic rings. The zero-order valence-electron chi connectivity index (χ0n) is 12.9. The van der Waals surface area contributed by atoms with Crippen LogP contribution in [0.25, 0.3) is 0 Å². The molecule has 0 saturated heterocycles. The monoisotopic (exact) mass is 316 g/mol. The van der Waals surface area contributed by atoms with Crippen LogP contribution in [0.3, 0.4) is 0 Å². The van der Waals surface area contributed by atoms with Crippen LogP contribution in [0.2, 0.25) is 0 Å². The molecule has 22 heavy (non-hydrogen) atoms. The Kier molecular flexibility index (Phi) is 7.63. The molecule has 0 radical (unpaired) electrons. The lowest BCUT2D eigenvalue weighted by molar-refractivity contribution is -0.264. The number of aliphatic hydroxyl groups is 2. The quantitative estimate of drug-likeness (QED) is 0.245. The average Bonchev–Trinajstić information content (AvgIpc) is 2.82. The fourth-order valence-electron chi connectivity index (χ4n) is 1.89. The number of carbonyl (C=O) groups is 2. The summed E-state index contributed by atoms with van der Waals surface area (Å²) in [5.74, 6) is -1.78. The van der Waals surface area contributed by atoms with Gasteiger partial charge in [0.05, 0.1) is 25.9 Å². The number of aliphatic hydroxyl groups excluding tert-OH is 2. The predicted molar refractivity (Wildman–Crippen MR) is 77.8 cm³/mol. The summed E-state index contributed by atoms with van der Waals surface area (Å²) in [6.45, 7) is 4.25. The van der Waals surface area contributed by atoms with E-state index in [-0.39, 0.29) is 31.6 Å². The van der Waals surface area contributed by atoms with Crippen LogP contribution < -0.4 is 5.32 Å². The standard InChI is InChI=1S/C14H24N2O6/c1-11(9-17)22-14(2,10-18)21-8-6-15-5-7-16-12(19)3-4-13(16)20/h3-4,11,15,17-18H,5-10H2,1-2H3. The first kappa shape index (κ1) is 18.7. The van der Waals surface area contributed by atoms with Crippen LogP contribution in [0, 0.1) is 0 Å². The Balaban J connectivity index is 2.16. The Morgan fingerprint density at radius 3 is 2.45 bits per heavy atom. The third-order valence-electron chi connectivity index (χ3n) is 3.09. The van der Waals surface area contributed by atoms with Gasteiger partial charge in [-0.05, 0) is 13.8 Å². The second-order valence-electron chi connectivity index (χ2n) is 5.16. The minimum absolute atomic E-state index is 0.164. The van der Waals surface area contributed by atoms with E-state index in [0.717, 1.165) is 4.90 Å². The van der Waals surface area contributed by atoms with E-state index < -0.39 is 11.9 Å². The minimum atomic E-state index is -1.17. The summed E-state index contributed by atoms with van der Waals surface area (Å²) >= 11 is 0. The van der Waals surface area contributed by atoms with E-state index in [1.54, 1.807) is 13.8 Å². The van der Waals surface area contributed by atoms with E-state index in [1.807, 2.05) is 0 Å². The number of hydrogen-bond donors (Lipinski definition) is 3. The van der Waals surface area contributed by atoms with Crippen LogP contribution in [-0.4, -0.2) is 78.3 Å². The molecular formula is C14H24N2O6. The molecule has 0 spiro atoms. The fraction of sp³-hybridized carbons (Fsp3) is 0.714.